The number of amides is 1. The molecule has 0 saturated carbocycles. The third-order valence-corrected chi connectivity index (χ3v) is 8.25. The van der Waals surface area contributed by atoms with E-state index in [1.165, 1.54) is 61.9 Å². The van der Waals surface area contributed by atoms with Gasteiger partial charge in [-0.05, 0) is 86.5 Å². The van der Waals surface area contributed by atoms with Crippen molar-refractivity contribution in [2.45, 2.75) is 44.6 Å². The number of rotatable bonds is 3. The average Bonchev–Trinajstić information content (AvgIpc) is 3.52. The number of benzene rings is 2. The fourth-order valence-electron chi connectivity index (χ4n) is 6.22. The van der Waals surface area contributed by atoms with Crippen LogP contribution in [-0.4, -0.2) is 58.3 Å². The zero-order valence-corrected chi connectivity index (χ0v) is 20.9. The first-order valence-electron chi connectivity index (χ1n) is 13.5. The van der Waals surface area contributed by atoms with Crippen molar-refractivity contribution >= 4 is 16.9 Å². The van der Waals surface area contributed by atoms with E-state index in [1.807, 2.05) is 24.4 Å². The molecular formula is C30H31N5O2. The summed E-state index contributed by atoms with van der Waals surface area (Å²) < 4.78 is 5.83. The summed E-state index contributed by atoms with van der Waals surface area (Å²) in [7, 11) is 0. The molecule has 2 aliphatic heterocycles. The minimum absolute atomic E-state index is 0.107. The molecule has 2 N–H and O–H groups in total. The fourth-order valence-corrected chi connectivity index (χ4v) is 6.22. The molecule has 2 aromatic heterocycles. The monoisotopic (exact) mass is 493 g/mol. The van der Waals surface area contributed by atoms with Gasteiger partial charge in [0.15, 0.2) is 5.65 Å². The van der Waals surface area contributed by atoms with Crippen molar-refractivity contribution in [1.82, 2.24) is 25.4 Å². The maximum Gasteiger partial charge on any atom is 0.255 e. The Morgan fingerprint density at radius 2 is 1.76 bits per heavy atom. The molecule has 1 saturated heterocycles. The van der Waals surface area contributed by atoms with Crippen molar-refractivity contribution < 1.29 is 9.53 Å². The molecule has 2 aromatic carbocycles. The first kappa shape index (κ1) is 22.5. The van der Waals surface area contributed by atoms with E-state index in [9.17, 15) is 4.79 Å². The minimum Gasteiger partial charge on any atom is -0.491 e. The van der Waals surface area contributed by atoms with Gasteiger partial charge in [0.1, 0.15) is 18.1 Å². The molecule has 7 rings (SSSR count). The van der Waals surface area contributed by atoms with E-state index in [4.69, 9.17) is 9.72 Å². The van der Waals surface area contributed by atoms with Crippen LogP contribution < -0.4 is 10.1 Å². The molecule has 188 valence electrons. The van der Waals surface area contributed by atoms with Gasteiger partial charge in [0.2, 0.25) is 0 Å². The first-order valence-corrected chi connectivity index (χ1v) is 13.5. The number of fused-ring (bicyclic) bond motifs is 3. The number of pyridine rings is 1. The molecule has 1 amide bonds. The van der Waals surface area contributed by atoms with Gasteiger partial charge < -0.3 is 15.0 Å². The molecule has 4 heterocycles. The summed E-state index contributed by atoms with van der Waals surface area (Å²) in [6, 6.07) is 15.5. The van der Waals surface area contributed by atoms with E-state index >= 15 is 0 Å². The summed E-state index contributed by atoms with van der Waals surface area (Å²) in [5.74, 6) is 0.482. The number of aromatic nitrogens is 3. The number of ether oxygens (including phenoxy) is 1. The normalized spacial score (nSPS) is 20.0. The number of likely N-dealkylation sites (tertiary alicyclic amines) is 1. The van der Waals surface area contributed by atoms with Gasteiger partial charge in [0, 0.05) is 28.8 Å². The molecule has 7 nitrogen and oxygen atoms in total. The second-order valence-corrected chi connectivity index (χ2v) is 10.5. The Balaban J connectivity index is 1.20. The van der Waals surface area contributed by atoms with E-state index < -0.39 is 0 Å². The van der Waals surface area contributed by atoms with Gasteiger partial charge in [-0.1, -0.05) is 24.3 Å². The van der Waals surface area contributed by atoms with Crippen molar-refractivity contribution in [2.75, 3.05) is 26.2 Å². The van der Waals surface area contributed by atoms with Crippen molar-refractivity contribution in [1.29, 1.82) is 0 Å². The van der Waals surface area contributed by atoms with Crippen molar-refractivity contribution in [3.8, 4) is 28.1 Å². The lowest BCUT2D eigenvalue weighted by molar-refractivity contribution is 0.0957. The third kappa shape index (κ3) is 4.17. The SMILES string of the molecule is O=C1NCCOc2cc(-c3n[nH]c4ncc(-c5ccc6c(c5)CC[C@H](N5CCCC5)CC6)cc34)ccc21. The number of nitrogens with one attached hydrogen (secondary N) is 2. The average molecular weight is 494 g/mol. The van der Waals surface area contributed by atoms with E-state index in [-0.39, 0.29) is 5.91 Å². The molecule has 37 heavy (non-hydrogen) atoms. The zero-order valence-electron chi connectivity index (χ0n) is 20.9. The van der Waals surface area contributed by atoms with Crippen molar-refractivity contribution in [3.05, 3.63) is 65.4 Å². The molecule has 1 fully saturated rings. The Kier molecular flexibility index (Phi) is 5.65. The molecule has 0 spiro atoms. The lowest BCUT2D eigenvalue weighted by Crippen LogP contribution is -2.32. The largest absolute Gasteiger partial charge is 0.491 e. The fraction of sp³-hybridized carbons (Fsp3) is 0.367. The van der Waals surface area contributed by atoms with Gasteiger partial charge in [-0.15, -0.1) is 0 Å². The quantitative estimate of drug-likeness (QED) is 0.402. The highest BCUT2D eigenvalue weighted by atomic mass is 16.5. The van der Waals surface area contributed by atoms with Crippen LogP contribution in [0.15, 0.2) is 48.7 Å². The highest BCUT2D eigenvalue weighted by Crippen LogP contribution is 2.34. The van der Waals surface area contributed by atoms with Crippen LogP contribution >= 0.6 is 0 Å². The topological polar surface area (TPSA) is 83.1 Å². The van der Waals surface area contributed by atoms with Gasteiger partial charge in [0.05, 0.1) is 12.1 Å². The van der Waals surface area contributed by atoms with Gasteiger partial charge in [-0.2, -0.15) is 5.10 Å². The Labute approximate surface area is 216 Å². The van der Waals surface area contributed by atoms with Gasteiger partial charge in [0.25, 0.3) is 5.91 Å². The maximum atomic E-state index is 12.3. The summed E-state index contributed by atoms with van der Waals surface area (Å²) >= 11 is 0. The van der Waals surface area contributed by atoms with Crippen LogP contribution in [0.4, 0.5) is 0 Å². The first-order chi connectivity index (χ1) is 18.2. The summed E-state index contributed by atoms with van der Waals surface area (Å²) in [4.78, 5) is 19.7. The molecule has 3 aliphatic rings. The molecular weight excluding hydrogens is 462 g/mol. The molecule has 4 aromatic rings. The van der Waals surface area contributed by atoms with Crippen LogP contribution in [-0.2, 0) is 12.8 Å². The predicted molar refractivity (Wildman–Crippen MR) is 144 cm³/mol. The van der Waals surface area contributed by atoms with E-state index in [2.05, 4.69) is 44.7 Å². The lowest BCUT2D eigenvalue weighted by Gasteiger charge is -2.25. The number of H-pyrrole nitrogens is 1. The van der Waals surface area contributed by atoms with Gasteiger partial charge >= 0.3 is 0 Å². The van der Waals surface area contributed by atoms with Gasteiger partial charge in [-0.3, -0.25) is 9.89 Å². The maximum absolute atomic E-state index is 12.3. The highest BCUT2D eigenvalue weighted by Gasteiger charge is 2.25. The number of aryl methyl sites for hydroxylation is 2. The summed E-state index contributed by atoms with van der Waals surface area (Å²) in [5.41, 5.74) is 8.26. The number of hydrogen-bond donors (Lipinski definition) is 2. The number of carbonyl (C=O) groups excluding carboxylic acids is 1. The Morgan fingerprint density at radius 3 is 2.65 bits per heavy atom. The Morgan fingerprint density at radius 1 is 0.919 bits per heavy atom. The lowest BCUT2D eigenvalue weighted by atomic mass is 9.96. The van der Waals surface area contributed by atoms with E-state index in [0.29, 0.717) is 24.5 Å². The minimum atomic E-state index is -0.107. The summed E-state index contributed by atoms with van der Waals surface area (Å²) in [6.45, 7) is 3.50. The second-order valence-electron chi connectivity index (χ2n) is 10.5. The van der Waals surface area contributed by atoms with Gasteiger partial charge in [-0.25, -0.2) is 4.98 Å². The number of hydrogen-bond acceptors (Lipinski definition) is 5. The van der Waals surface area contributed by atoms with Crippen LogP contribution in [0.3, 0.4) is 0 Å². The predicted octanol–water partition coefficient (Wildman–Crippen LogP) is 4.76. The van der Waals surface area contributed by atoms with Crippen LogP contribution in [0, 0.1) is 0 Å². The Bertz CT molecular complexity index is 1490. The molecule has 0 unspecified atom stereocenters. The zero-order chi connectivity index (χ0) is 24.8. The molecule has 7 heteroatoms. The number of carbonyl (C=O) groups is 1. The van der Waals surface area contributed by atoms with Crippen LogP contribution in [0.2, 0.25) is 0 Å². The van der Waals surface area contributed by atoms with E-state index in [1.54, 1.807) is 0 Å². The molecule has 1 aliphatic carbocycles. The Hall–Kier alpha value is -3.71. The standard InChI is InChI=1S/C30H31N5O2/c36-30-25-10-7-22(17-27(25)37-14-11-31-30)28-26-16-23(18-32-29(26)34-33-28)21-4-3-19-5-8-24(9-6-20(19)15-21)35-12-1-2-13-35/h3-4,7,10,15-18,24H,1-2,5-6,8-9,11-14H2,(H,31,36)(H,32,33,34)/t24-/m1/s1. The summed E-state index contributed by atoms with van der Waals surface area (Å²) in [5, 5.41) is 11.5. The summed E-state index contributed by atoms with van der Waals surface area (Å²) in [6.07, 6.45) is 9.46. The smallest absolute Gasteiger partial charge is 0.255 e. The number of nitrogens with zero attached hydrogens (tertiary/aromatic N) is 3. The van der Waals surface area contributed by atoms with Crippen molar-refractivity contribution in [3.63, 3.8) is 0 Å². The highest BCUT2D eigenvalue weighted by molar-refractivity contribution is 5.99. The molecule has 0 radical (unpaired) electrons. The molecule has 0 bridgehead atoms. The number of aromatic amines is 1. The second kappa shape index (κ2) is 9.30. The van der Waals surface area contributed by atoms with Crippen LogP contribution in [0.5, 0.6) is 5.75 Å². The van der Waals surface area contributed by atoms with Crippen LogP contribution in [0.1, 0.15) is 47.2 Å². The molecule has 1 atom stereocenters. The third-order valence-electron chi connectivity index (χ3n) is 8.25. The van der Waals surface area contributed by atoms with E-state index in [0.717, 1.165) is 40.3 Å². The van der Waals surface area contributed by atoms with Crippen molar-refractivity contribution in [2.24, 2.45) is 0 Å². The van der Waals surface area contributed by atoms with Crippen LogP contribution in [0.25, 0.3) is 33.4 Å².